The summed E-state index contributed by atoms with van der Waals surface area (Å²) in [5.41, 5.74) is -1.48. The van der Waals surface area contributed by atoms with Gasteiger partial charge >= 0.3 is 12.1 Å². The Morgan fingerprint density at radius 1 is 1.14 bits per heavy atom. The fourth-order valence-corrected chi connectivity index (χ4v) is 4.38. The van der Waals surface area contributed by atoms with Crippen molar-refractivity contribution in [2.24, 2.45) is 11.8 Å². The summed E-state index contributed by atoms with van der Waals surface area (Å²) in [6, 6.07) is 0. The molecule has 0 aromatic rings. The van der Waals surface area contributed by atoms with Crippen molar-refractivity contribution in [2.75, 3.05) is 0 Å². The molecule has 0 N–H and O–H groups in total. The van der Waals surface area contributed by atoms with Crippen LogP contribution in [0, 0.1) is 11.8 Å². The van der Waals surface area contributed by atoms with Gasteiger partial charge in [0.2, 0.25) is 0 Å². The monoisotopic (exact) mass is 304 g/mol. The van der Waals surface area contributed by atoms with E-state index in [1.165, 1.54) is 0 Å². The molecule has 3 aliphatic heterocycles. The van der Waals surface area contributed by atoms with Crippen molar-refractivity contribution in [1.82, 2.24) is 0 Å². The summed E-state index contributed by atoms with van der Waals surface area (Å²) in [4.78, 5) is 11.6. The standard InChI is InChI=1S/C14H15F3O4/c1-5(14(15,16)17)13(18)21-11-9-6-3-2-4-7-8(6)10(20-9)12(11)19-7/h6-12H,1-4H2. The van der Waals surface area contributed by atoms with Gasteiger partial charge in [-0.1, -0.05) is 13.0 Å². The number of carbonyl (C=O) groups excluding carboxylic acids is 1. The van der Waals surface area contributed by atoms with Crippen molar-refractivity contribution in [3.8, 4) is 0 Å². The zero-order valence-electron chi connectivity index (χ0n) is 11.1. The predicted octanol–water partition coefficient (Wildman–Crippen LogP) is 1.98. The zero-order chi connectivity index (χ0) is 14.9. The third-order valence-corrected chi connectivity index (χ3v) is 5.20. The Balaban J connectivity index is 1.53. The summed E-state index contributed by atoms with van der Waals surface area (Å²) in [7, 11) is 0. The van der Waals surface area contributed by atoms with Gasteiger partial charge in [-0.25, -0.2) is 4.79 Å². The van der Waals surface area contributed by atoms with Crippen LogP contribution >= 0.6 is 0 Å². The Kier molecular flexibility index (Phi) is 2.73. The van der Waals surface area contributed by atoms with E-state index in [1.54, 1.807) is 0 Å². The molecule has 116 valence electrons. The minimum Gasteiger partial charge on any atom is -0.453 e. The fraction of sp³-hybridized carbons (Fsp3) is 0.786. The van der Waals surface area contributed by atoms with Gasteiger partial charge in [-0.15, -0.1) is 0 Å². The van der Waals surface area contributed by atoms with E-state index in [2.05, 4.69) is 6.58 Å². The summed E-state index contributed by atoms with van der Waals surface area (Å²) in [5, 5.41) is 0. The molecule has 3 heterocycles. The summed E-state index contributed by atoms with van der Waals surface area (Å²) in [6.45, 7) is 2.78. The van der Waals surface area contributed by atoms with Crippen LogP contribution in [0.15, 0.2) is 12.2 Å². The predicted molar refractivity (Wildman–Crippen MR) is 63.2 cm³/mol. The zero-order valence-corrected chi connectivity index (χ0v) is 11.1. The maximum atomic E-state index is 12.5. The molecular formula is C14H15F3O4. The van der Waals surface area contributed by atoms with Crippen LogP contribution in [0.5, 0.6) is 0 Å². The fourth-order valence-electron chi connectivity index (χ4n) is 4.38. The first-order chi connectivity index (χ1) is 9.88. The molecule has 21 heavy (non-hydrogen) atoms. The molecule has 0 aromatic carbocycles. The highest BCUT2D eigenvalue weighted by Crippen LogP contribution is 2.57. The molecule has 4 aliphatic rings. The molecule has 2 bridgehead atoms. The summed E-state index contributed by atoms with van der Waals surface area (Å²) in [5.74, 6) is -0.885. The van der Waals surface area contributed by atoms with Gasteiger partial charge in [-0.05, 0) is 18.8 Å². The van der Waals surface area contributed by atoms with Crippen molar-refractivity contribution in [1.29, 1.82) is 0 Å². The molecule has 7 heteroatoms. The van der Waals surface area contributed by atoms with Gasteiger partial charge in [-0.2, -0.15) is 13.2 Å². The topological polar surface area (TPSA) is 44.8 Å². The van der Waals surface area contributed by atoms with Gasteiger partial charge in [0.1, 0.15) is 17.8 Å². The molecule has 0 amide bonds. The van der Waals surface area contributed by atoms with Gasteiger partial charge in [0.15, 0.2) is 6.10 Å². The van der Waals surface area contributed by atoms with E-state index in [4.69, 9.17) is 14.2 Å². The quantitative estimate of drug-likeness (QED) is 0.578. The molecule has 1 saturated carbocycles. The van der Waals surface area contributed by atoms with Crippen molar-refractivity contribution in [3.63, 3.8) is 0 Å². The molecule has 0 aromatic heterocycles. The number of halogens is 3. The molecule has 4 fully saturated rings. The number of esters is 1. The second kappa shape index (κ2) is 4.23. The Morgan fingerprint density at radius 3 is 2.62 bits per heavy atom. The summed E-state index contributed by atoms with van der Waals surface area (Å²) in [6.07, 6.45) is -3.41. The molecule has 4 nitrogen and oxygen atoms in total. The van der Waals surface area contributed by atoms with Crippen LogP contribution in [0.4, 0.5) is 13.2 Å². The van der Waals surface area contributed by atoms with E-state index < -0.39 is 29.9 Å². The normalized spacial score (nSPS) is 46.7. The molecule has 0 spiro atoms. The molecular weight excluding hydrogens is 289 g/mol. The summed E-state index contributed by atoms with van der Waals surface area (Å²) < 4.78 is 54.3. The van der Waals surface area contributed by atoms with E-state index in [-0.39, 0.29) is 24.2 Å². The molecule has 4 rings (SSSR count). The molecule has 0 radical (unpaired) electrons. The Bertz CT molecular complexity index is 503. The highest BCUT2D eigenvalue weighted by atomic mass is 19.4. The number of carbonyl (C=O) groups is 1. The molecule has 1 aliphatic carbocycles. The smallest absolute Gasteiger partial charge is 0.422 e. The average molecular weight is 304 g/mol. The number of fused-ring (bicyclic) bond motifs is 2. The van der Waals surface area contributed by atoms with E-state index in [1.807, 2.05) is 0 Å². The Hall–Kier alpha value is -1.08. The van der Waals surface area contributed by atoms with E-state index >= 15 is 0 Å². The second-order valence-electron chi connectivity index (χ2n) is 6.22. The third-order valence-electron chi connectivity index (χ3n) is 5.20. The lowest BCUT2D eigenvalue weighted by Crippen LogP contribution is -2.46. The number of rotatable bonds is 2. The van der Waals surface area contributed by atoms with Gasteiger partial charge in [0.25, 0.3) is 0 Å². The van der Waals surface area contributed by atoms with E-state index in [0.717, 1.165) is 19.3 Å². The van der Waals surface area contributed by atoms with Crippen LogP contribution in [-0.4, -0.2) is 42.7 Å². The number of hydrogen-bond acceptors (Lipinski definition) is 4. The highest BCUT2D eigenvalue weighted by molar-refractivity contribution is 5.89. The van der Waals surface area contributed by atoms with E-state index in [9.17, 15) is 18.0 Å². The Morgan fingerprint density at radius 2 is 1.90 bits per heavy atom. The largest absolute Gasteiger partial charge is 0.453 e. The Labute approximate surface area is 119 Å². The minimum atomic E-state index is -4.77. The first-order valence-corrected chi connectivity index (χ1v) is 7.16. The van der Waals surface area contributed by atoms with Crippen molar-refractivity contribution in [2.45, 2.75) is 56.0 Å². The van der Waals surface area contributed by atoms with Crippen LogP contribution < -0.4 is 0 Å². The lowest BCUT2D eigenvalue weighted by atomic mass is 9.70. The first-order valence-electron chi connectivity index (χ1n) is 7.16. The van der Waals surface area contributed by atoms with Crippen molar-refractivity contribution < 1.29 is 32.2 Å². The van der Waals surface area contributed by atoms with Gasteiger partial charge in [0, 0.05) is 5.92 Å². The van der Waals surface area contributed by atoms with Crippen LogP contribution in [0.2, 0.25) is 0 Å². The molecule has 3 saturated heterocycles. The lowest BCUT2D eigenvalue weighted by Gasteiger charge is -2.33. The molecule has 7 unspecified atom stereocenters. The van der Waals surface area contributed by atoms with Gasteiger partial charge in [0.05, 0.1) is 12.2 Å². The highest BCUT2D eigenvalue weighted by Gasteiger charge is 2.69. The van der Waals surface area contributed by atoms with Crippen molar-refractivity contribution >= 4 is 5.97 Å². The third kappa shape index (κ3) is 1.80. The lowest BCUT2D eigenvalue weighted by molar-refractivity contribution is -0.162. The van der Waals surface area contributed by atoms with Crippen LogP contribution in [0.1, 0.15) is 19.3 Å². The van der Waals surface area contributed by atoms with Crippen LogP contribution in [0.3, 0.4) is 0 Å². The minimum absolute atomic E-state index is 0.0956. The maximum absolute atomic E-state index is 12.5. The van der Waals surface area contributed by atoms with Crippen molar-refractivity contribution in [3.05, 3.63) is 12.2 Å². The molecule has 7 atom stereocenters. The number of hydrogen-bond donors (Lipinski definition) is 0. The second-order valence-corrected chi connectivity index (χ2v) is 6.22. The average Bonchev–Trinajstić information content (AvgIpc) is 3.04. The number of alkyl halides is 3. The summed E-state index contributed by atoms with van der Waals surface area (Å²) >= 11 is 0. The number of ether oxygens (including phenoxy) is 3. The maximum Gasteiger partial charge on any atom is 0.422 e. The SMILES string of the molecule is C=C(C(=O)OC1C2OC3C1OC1CCCC2C13)C(F)(F)F. The van der Waals surface area contributed by atoms with Gasteiger partial charge < -0.3 is 14.2 Å². The van der Waals surface area contributed by atoms with Gasteiger partial charge in [-0.3, -0.25) is 0 Å². The van der Waals surface area contributed by atoms with Crippen LogP contribution in [0.25, 0.3) is 0 Å². The first kappa shape index (κ1) is 13.6. The van der Waals surface area contributed by atoms with Crippen LogP contribution in [-0.2, 0) is 19.0 Å². The van der Waals surface area contributed by atoms with E-state index in [0.29, 0.717) is 5.92 Å².